The number of carbonyl (C=O) groups is 2. The fraction of sp³-hybridized carbons (Fsp3) is 0.241. The van der Waals surface area contributed by atoms with Gasteiger partial charge in [0.2, 0.25) is 5.91 Å². The highest BCUT2D eigenvalue weighted by atomic mass is 19.4. The van der Waals surface area contributed by atoms with Crippen LogP contribution in [-0.4, -0.2) is 24.5 Å². The predicted octanol–water partition coefficient (Wildman–Crippen LogP) is 6.21. The number of hydrogen-bond donors (Lipinski definition) is 0. The van der Waals surface area contributed by atoms with Gasteiger partial charge in [0.25, 0.3) is 5.91 Å². The van der Waals surface area contributed by atoms with E-state index in [0.717, 1.165) is 40.3 Å². The molecule has 0 radical (unpaired) electrons. The van der Waals surface area contributed by atoms with Crippen LogP contribution in [0.3, 0.4) is 0 Å². The molecule has 3 aromatic carbocycles. The van der Waals surface area contributed by atoms with Crippen molar-refractivity contribution < 1.29 is 45.4 Å². The van der Waals surface area contributed by atoms with Gasteiger partial charge in [0.05, 0.1) is 17.0 Å². The van der Waals surface area contributed by atoms with Gasteiger partial charge in [-0.05, 0) is 72.5 Å². The lowest BCUT2D eigenvalue weighted by molar-refractivity contribution is -0.275. The Morgan fingerprint density at radius 1 is 0.775 bits per heavy atom. The zero-order valence-electron chi connectivity index (χ0n) is 20.9. The minimum Gasteiger partial charge on any atom is -0.406 e. The van der Waals surface area contributed by atoms with Gasteiger partial charge < -0.3 is 9.47 Å². The Bertz CT molecular complexity index is 1470. The third-order valence-corrected chi connectivity index (χ3v) is 7.19. The summed E-state index contributed by atoms with van der Waals surface area (Å²) in [6.07, 6.45) is -3.97. The summed E-state index contributed by atoms with van der Waals surface area (Å²) in [5.74, 6) is -1.15. The highest BCUT2D eigenvalue weighted by molar-refractivity contribution is 6.30. The summed E-state index contributed by atoms with van der Waals surface area (Å²) in [6, 6.07) is 14.2. The molecule has 0 unspecified atom stereocenters. The van der Waals surface area contributed by atoms with Crippen molar-refractivity contribution in [2.24, 2.45) is 11.3 Å². The van der Waals surface area contributed by atoms with Gasteiger partial charge in [0.1, 0.15) is 16.9 Å². The Balaban J connectivity index is 1.65. The molecule has 2 atom stereocenters. The van der Waals surface area contributed by atoms with Gasteiger partial charge in [-0.1, -0.05) is 36.3 Å². The molecular weight excluding hydrogens is 540 g/mol. The number of amides is 2. The molecule has 1 heterocycles. The topological polar surface area (TPSA) is 55.8 Å². The van der Waals surface area contributed by atoms with Crippen molar-refractivity contribution in [3.63, 3.8) is 0 Å². The molecule has 0 aromatic heterocycles. The quantitative estimate of drug-likeness (QED) is 0.212. The van der Waals surface area contributed by atoms with E-state index in [0.29, 0.717) is 5.69 Å². The minimum absolute atomic E-state index is 0.219. The van der Waals surface area contributed by atoms with E-state index in [1.165, 1.54) is 24.3 Å². The fourth-order valence-corrected chi connectivity index (χ4v) is 5.92. The first kappa shape index (κ1) is 27.1. The monoisotopic (exact) mass is 559 g/mol. The Labute approximate surface area is 224 Å². The molecule has 2 amide bonds. The number of carbonyl (C=O) groups excluding carboxylic acids is 2. The average molecular weight is 559 g/mol. The van der Waals surface area contributed by atoms with E-state index in [2.05, 4.69) is 15.4 Å². The molecule has 11 heteroatoms. The van der Waals surface area contributed by atoms with Crippen molar-refractivity contribution in [2.75, 3.05) is 4.90 Å². The summed E-state index contributed by atoms with van der Waals surface area (Å²) in [7, 11) is 0. The summed E-state index contributed by atoms with van der Waals surface area (Å²) in [5.41, 5.74) is -1.03. The van der Waals surface area contributed by atoms with Crippen LogP contribution in [0.15, 0.2) is 66.7 Å². The van der Waals surface area contributed by atoms with Gasteiger partial charge >= 0.3 is 12.7 Å². The van der Waals surface area contributed by atoms with Crippen molar-refractivity contribution in [2.45, 2.75) is 32.0 Å². The number of imide groups is 1. The normalized spacial score (nSPS) is 21.6. The van der Waals surface area contributed by atoms with E-state index in [1.54, 1.807) is 26.0 Å². The maximum Gasteiger partial charge on any atom is 0.573 e. The van der Waals surface area contributed by atoms with Crippen molar-refractivity contribution >= 4 is 17.5 Å². The van der Waals surface area contributed by atoms with Crippen molar-refractivity contribution in [3.8, 4) is 23.8 Å². The van der Waals surface area contributed by atoms with Gasteiger partial charge in [-0.25, -0.2) is 4.90 Å². The van der Waals surface area contributed by atoms with Crippen LogP contribution >= 0.6 is 0 Å². The molecule has 5 rings (SSSR count). The lowest BCUT2D eigenvalue weighted by Crippen LogP contribution is -2.42. The highest BCUT2D eigenvalue weighted by Gasteiger charge is 2.89. The van der Waals surface area contributed by atoms with E-state index >= 15 is 0 Å². The second kappa shape index (κ2) is 8.78. The number of terminal acetylenes is 1. The van der Waals surface area contributed by atoms with Crippen LogP contribution in [0.5, 0.6) is 11.5 Å². The molecule has 0 bridgehead atoms. The highest BCUT2D eigenvalue weighted by Crippen LogP contribution is 2.76. The number of anilines is 1. The number of benzene rings is 3. The molecule has 1 saturated heterocycles. The zero-order valence-corrected chi connectivity index (χ0v) is 20.9. The zero-order chi connectivity index (χ0) is 29.3. The average Bonchev–Trinajstić information content (AvgIpc) is 3.40. The number of rotatable bonds is 5. The number of halogens is 6. The van der Waals surface area contributed by atoms with E-state index in [9.17, 15) is 35.9 Å². The summed E-state index contributed by atoms with van der Waals surface area (Å²) in [6.45, 7) is 3.58. The molecule has 2 aliphatic rings. The Kier molecular flexibility index (Phi) is 5.95. The number of nitrogens with zero attached hydrogens (tertiary/aromatic N) is 1. The Hall–Kier alpha value is -4.46. The number of piperidine rings is 1. The van der Waals surface area contributed by atoms with Gasteiger partial charge in [-0.2, -0.15) is 0 Å². The second-order valence-corrected chi connectivity index (χ2v) is 9.66. The van der Waals surface area contributed by atoms with E-state index in [1.807, 2.05) is 6.07 Å². The molecule has 1 aliphatic heterocycles. The molecule has 0 spiro atoms. The third-order valence-electron chi connectivity index (χ3n) is 7.19. The number of alkyl halides is 6. The van der Waals surface area contributed by atoms with E-state index in [4.69, 9.17) is 6.42 Å². The van der Waals surface area contributed by atoms with E-state index < -0.39 is 52.8 Å². The molecule has 2 fully saturated rings. The minimum atomic E-state index is -4.96. The number of fused-ring (bicyclic) bond motifs is 1. The van der Waals surface area contributed by atoms with Crippen LogP contribution in [0.1, 0.15) is 22.3 Å². The smallest absolute Gasteiger partial charge is 0.406 e. The van der Waals surface area contributed by atoms with E-state index in [-0.39, 0.29) is 11.1 Å². The lowest BCUT2D eigenvalue weighted by atomic mass is 9.78. The Morgan fingerprint density at radius 3 is 1.55 bits per heavy atom. The molecule has 5 nitrogen and oxygen atoms in total. The second-order valence-electron chi connectivity index (χ2n) is 9.66. The third kappa shape index (κ3) is 4.06. The van der Waals surface area contributed by atoms with Crippen LogP contribution in [0.2, 0.25) is 0 Å². The molecule has 3 aromatic rings. The first-order valence-corrected chi connectivity index (χ1v) is 11.8. The van der Waals surface area contributed by atoms with Gasteiger partial charge in [0, 0.05) is 0 Å². The molecule has 1 aliphatic carbocycles. The van der Waals surface area contributed by atoms with Gasteiger partial charge in [-0.15, -0.1) is 32.8 Å². The van der Waals surface area contributed by atoms with Crippen LogP contribution in [0, 0.1) is 37.5 Å². The SMILES string of the molecule is C#C[C@@]12C(=O)N(c3cc(C)cc(C)c3)C(=O)[C@@H]1C2(c1ccc(OC(F)(F)F)cc1)c1ccc(OC(F)(F)F)cc1. The molecule has 206 valence electrons. The maximum atomic E-state index is 14.0. The summed E-state index contributed by atoms with van der Waals surface area (Å²) in [5, 5.41) is 0. The van der Waals surface area contributed by atoms with Crippen molar-refractivity contribution in [1.29, 1.82) is 0 Å². The maximum absolute atomic E-state index is 14.0. The van der Waals surface area contributed by atoms with Gasteiger partial charge in [0.15, 0.2) is 0 Å². The fourth-order valence-electron chi connectivity index (χ4n) is 5.92. The van der Waals surface area contributed by atoms with Crippen LogP contribution in [0.4, 0.5) is 32.0 Å². The largest absolute Gasteiger partial charge is 0.573 e. The summed E-state index contributed by atoms with van der Waals surface area (Å²) >= 11 is 0. The van der Waals surface area contributed by atoms with Crippen molar-refractivity contribution in [3.05, 3.63) is 89.0 Å². The summed E-state index contributed by atoms with van der Waals surface area (Å²) < 4.78 is 84.3. The first-order chi connectivity index (χ1) is 18.6. The molecule has 0 N–H and O–H groups in total. The molecule has 40 heavy (non-hydrogen) atoms. The lowest BCUT2D eigenvalue weighted by Gasteiger charge is -2.29. The van der Waals surface area contributed by atoms with Crippen LogP contribution in [-0.2, 0) is 15.0 Å². The number of aryl methyl sites for hydroxylation is 2. The molecular formula is C29H19F6NO4. The first-order valence-electron chi connectivity index (χ1n) is 11.8. The molecule has 1 saturated carbocycles. The predicted molar refractivity (Wildman–Crippen MR) is 130 cm³/mol. The number of ether oxygens (including phenoxy) is 2. The number of hydrogen-bond acceptors (Lipinski definition) is 4. The van der Waals surface area contributed by atoms with Gasteiger partial charge in [-0.3, -0.25) is 9.59 Å². The summed E-state index contributed by atoms with van der Waals surface area (Å²) in [4.78, 5) is 28.9. The van der Waals surface area contributed by atoms with Crippen LogP contribution < -0.4 is 14.4 Å². The standard InChI is InChI=1S/C29H19F6NO4/c1-4-26-23(24(37)36(25(26)38)20-14-16(2)13-17(3)15-20)27(26,18-5-9-21(10-6-18)39-28(30,31)32)19-7-11-22(12-8-19)40-29(33,34)35/h1,5-15,23H,2-3H3/t23-,26-/m0/s1. The Morgan fingerprint density at radius 2 is 1.20 bits per heavy atom. The van der Waals surface area contributed by atoms with Crippen LogP contribution in [0.25, 0.3) is 0 Å². The van der Waals surface area contributed by atoms with Crippen molar-refractivity contribution in [1.82, 2.24) is 0 Å².